The zero-order valence-electron chi connectivity index (χ0n) is 18.8. The fourth-order valence-corrected chi connectivity index (χ4v) is 4.12. The summed E-state index contributed by atoms with van der Waals surface area (Å²) in [7, 11) is 3.11. The van der Waals surface area contributed by atoms with E-state index in [-0.39, 0.29) is 11.8 Å². The van der Waals surface area contributed by atoms with Crippen LogP contribution in [0.1, 0.15) is 12.8 Å². The van der Waals surface area contributed by atoms with E-state index in [4.69, 9.17) is 24.4 Å². The molecule has 0 saturated carbocycles. The van der Waals surface area contributed by atoms with Gasteiger partial charge in [-0.05, 0) is 61.8 Å². The summed E-state index contributed by atoms with van der Waals surface area (Å²) in [5, 5.41) is 0.792. The van der Waals surface area contributed by atoms with Crippen LogP contribution in [0.5, 0.6) is 17.2 Å². The molecule has 33 heavy (non-hydrogen) atoms. The van der Waals surface area contributed by atoms with Gasteiger partial charge in [0.25, 0.3) is 0 Å². The van der Waals surface area contributed by atoms with Crippen LogP contribution in [0.25, 0.3) is 22.1 Å². The highest BCUT2D eigenvalue weighted by Gasteiger charge is 2.22. The number of likely N-dealkylation sites (tertiary alicyclic amines) is 1. The number of carbonyl (C=O) groups excluding carboxylic acids is 1. The number of nitrogens with two attached hydrogens (primary N) is 1. The van der Waals surface area contributed by atoms with Crippen molar-refractivity contribution in [3.05, 3.63) is 52.9 Å². The van der Waals surface area contributed by atoms with Gasteiger partial charge < -0.3 is 24.4 Å². The largest absolute Gasteiger partial charge is 0.493 e. The monoisotopic (exact) mass is 452 g/mol. The molecule has 1 saturated heterocycles. The molecule has 2 N–H and O–H groups in total. The van der Waals surface area contributed by atoms with Gasteiger partial charge in [-0.1, -0.05) is 6.07 Å². The first-order valence-corrected chi connectivity index (χ1v) is 10.9. The number of primary amides is 1. The van der Waals surface area contributed by atoms with Gasteiger partial charge in [0.1, 0.15) is 17.9 Å². The predicted molar refractivity (Wildman–Crippen MR) is 125 cm³/mol. The Morgan fingerprint density at radius 2 is 1.82 bits per heavy atom. The van der Waals surface area contributed by atoms with E-state index in [0.29, 0.717) is 40.6 Å². The van der Waals surface area contributed by atoms with Crippen LogP contribution in [0.15, 0.2) is 51.7 Å². The Kier molecular flexibility index (Phi) is 6.84. The second-order valence-corrected chi connectivity index (χ2v) is 8.08. The Bertz CT molecular complexity index is 1200. The second kappa shape index (κ2) is 9.95. The van der Waals surface area contributed by atoms with E-state index in [1.54, 1.807) is 44.6 Å². The van der Waals surface area contributed by atoms with Crippen LogP contribution in [-0.4, -0.2) is 51.3 Å². The Labute approximate surface area is 191 Å². The van der Waals surface area contributed by atoms with Crippen LogP contribution < -0.4 is 25.6 Å². The number of piperidine rings is 1. The number of amides is 1. The topological polar surface area (TPSA) is 104 Å². The van der Waals surface area contributed by atoms with Crippen molar-refractivity contribution in [1.82, 2.24) is 4.90 Å². The van der Waals surface area contributed by atoms with Gasteiger partial charge in [0.2, 0.25) is 5.91 Å². The molecule has 174 valence electrons. The third-order valence-corrected chi connectivity index (χ3v) is 6.07. The molecule has 8 heteroatoms. The summed E-state index contributed by atoms with van der Waals surface area (Å²) < 4.78 is 22.1. The lowest BCUT2D eigenvalue weighted by Crippen LogP contribution is -2.40. The molecule has 3 aromatic rings. The molecule has 1 aliphatic heterocycles. The van der Waals surface area contributed by atoms with Crippen LogP contribution in [0, 0.1) is 5.92 Å². The van der Waals surface area contributed by atoms with Crippen molar-refractivity contribution in [1.29, 1.82) is 0 Å². The Morgan fingerprint density at radius 3 is 2.52 bits per heavy atom. The molecule has 8 nitrogen and oxygen atoms in total. The zero-order valence-corrected chi connectivity index (χ0v) is 18.8. The number of nitrogens with zero attached hydrogens (tertiary/aromatic N) is 1. The van der Waals surface area contributed by atoms with Crippen LogP contribution in [0.2, 0.25) is 0 Å². The van der Waals surface area contributed by atoms with E-state index in [2.05, 4.69) is 4.90 Å². The van der Waals surface area contributed by atoms with Crippen molar-refractivity contribution in [2.45, 2.75) is 12.8 Å². The Morgan fingerprint density at radius 1 is 1.06 bits per heavy atom. The van der Waals surface area contributed by atoms with Crippen molar-refractivity contribution in [2.24, 2.45) is 11.7 Å². The minimum Gasteiger partial charge on any atom is -0.493 e. The van der Waals surface area contributed by atoms with E-state index in [1.807, 2.05) is 12.1 Å². The summed E-state index contributed by atoms with van der Waals surface area (Å²) in [5.74, 6) is 1.53. The van der Waals surface area contributed by atoms with Crippen LogP contribution in [0.4, 0.5) is 0 Å². The molecule has 2 aromatic carbocycles. The van der Waals surface area contributed by atoms with Gasteiger partial charge in [-0.15, -0.1) is 0 Å². The lowest BCUT2D eigenvalue weighted by Gasteiger charge is -2.30. The molecule has 0 radical (unpaired) electrons. The highest BCUT2D eigenvalue weighted by Crippen LogP contribution is 2.32. The summed E-state index contributed by atoms with van der Waals surface area (Å²) in [6.45, 7) is 2.93. The number of hydrogen-bond acceptors (Lipinski definition) is 7. The molecule has 0 atom stereocenters. The fourth-order valence-electron chi connectivity index (χ4n) is 4.12. The van der Waals surface area contributed by atoms with Gasteiger partial charge in [-0.2, -0.15) is 0 Å². The molecule has 0 bridgehead atoms. The number of fused-ring (bicyclic) bond motifs is 1. The van der Waals surface area contributed by atoms with Gasteiger partial charge in [-0.3, -0.25) is 9.69 Å². The molecule has 4 rings (SSSR count). The van der Waals surface area contributed by atoms with E-state index in [9.17, 15) is 9.59 Å². The van der Waals surface area contributed by atoms with Gasteiger partial charge in [0.05, 0.1) is 19.8 Å². The third-order valence-electron chi connectivity index (χ3n) is 6.07. The minimum atomic E-state index is -0.441. The Hall–Kier alpha value is -3.52. The molecule has 2 heterocycles. The molecule has 0 unspecified atom stereocenters. The number of ether oxygens (including phenoxy) is 3. The molecular formula is C25H28N2O6. The van der Waals surface area contributed by atoms with Gasteiger partial charge in [-0.25, -0.2) is 4.79 Å². The maximum absolute atomic E-state index is 12.7. The summed E-state index contributed by atoms with van der Waals surface area (Å²) in [4.78, 5) is 26.2. The number of hydrogen-bond donors (Lipinski definition) is 1. The fraction of sp³-hybridized carbons (Fsp3) is 0.360. The van der Waals surface area contributed by atoms with E-state index in [1.165, 1.54) is 0 Å². The van der Waals surface area contributed by atoms with Gasteiger partial charge in [0.15, 0.2) is 11.5 Å². The van der Waals surface area contributed by atoms with Crippen molar-refractivity contribution >= 4 is 16.9 Å². The van der Waals surface area contributed by atoms with E-state index >= 15 is 0 Å². The van der Waals surface area contributed by atoms with Crippen LogP contribution >= 0.6 is 0 Å². The molecule has 1 aliphatic rings. The summed E-state index contributed by atoms with van der Waals surface area (Å²) in [6, 6.07) is 12.6. The number of benzene rings is 2. The van der Waals surface area contributed by atoms with E-state index in [0.717, 1.165) is 37.9 Å². The van der Waals surface area contributed by atoms with Crippen molar-refractivity contribution in [3.8, 4) is 28.4 Å². The highest BCUT2D eigenvalue weighted by atomic mass is 16.5. The predicted octanol–water partition coefficient (Wildman–Crippen LogP) is 3.05. The average Bonchev–Trinajstić information content (AvgIpc) is 2.83. The summed E-state index contributed by atoms with van der Waals surface area (Å²) >= 11 is 0. The first-order valence-electron chi connectivity index (χ1n) is 10.9. The van der Waals surface area contributed by atoms with Crippen LogP contribution in [0.3, 0.4) is 0 Å². The maximum Gasteiger partial charge on any atom is 0.344 e. The zero-order chi connectivity index (χ0) is 23.4. The minimum absolute atomic E-state index is 0.0190. The normalized spacial score (nSPS) is 14.8. The first kappa shape index (κ1) is 22.7. The number of rotatable bonds is 8. The highest BCUT2D eigenvalue weighted by molar-refractivity contribution is 5.83. The first-order chi connectivity index (χ1) is 16.0. The molecular weight excluding hydrogens is 424 g/mol. The maximum atomic E-state index is 12.7. The molecule has 1 fully saturated rings. The van der Waals surface area contributed by atoms with Gasteiger partial charge in [0, 0.05) is 23.9 Å². The standard InChI is InChI=1S/C25H28N2O6/c1-30-21-6-4-17(14-23(21)31-2)20-13-18-3-5-19(15-22(18)33-25(20)29)32-12-11-27-9-7-16(8-10-27)24(26)28/h3-6,13-16H,7-12H2,1-2H3,(H2,26,28). The molecule has 0 aliphatic carbocycles. The smallest absolute Gasteiger partial charge is 0.344 e. The van der Waals surface area contributed by atoms with Crippen molar-refractivity contribution < 1.29 is 23.4 Å². The third kappa shape index (κ3) is 5.12. The number of carbonyl (C=O) groups is 1. The molecule has 0 spiro atoms. The van der Waals surface area contributed by atoms with Crippen molar-refractivity contribution in [3.63, 3.8) is 0 Å². The average molecular weight is 453 g/mol. The van der Waals surface area contributed by atoms with Crippen LogP contribution in [-0.2, 0) is 4.79 Å². The van der Waals surface area contributed by atoms with E-state index < -0.39 is 5.63 Å². The second-order valence-electron chi connectivity index (χ2n) is 8.08. The molecule has 1 amide bonds. The quantitative estimate of drug-likeness (QED) is 0.524. The number of methoxy groups -OCH3 is 2. The summed E-state index contributed by atoms with van der Waals surface area (Å²) in [6.07, 6.45) is 1.58. The van der Waals surface area contributed by atoms with Gasteiger partial charge >= 0.3 is 5.63 Å². The Balaban J connectivity index is 1.44. The summed E-state index contributed by atoms with van der Waals surface area (Å²) in [5.41, 5.74) is 6.53. The SMILES string of the molecule is COc1ccc(-c2cc3ccc(OCCN4CCC(C(N)=O)CC4)cc3oc2=O)cc1OC. The molecule has 1 aromatic heterocycles. The lowest BCUT2D eigenvalue weighted by molar-refractivity contribution is -0.123. The lowest BCUT2D eigenvalue weighted by atomic mass is 9.96. The van der Waals surface area contributed by atoms with Crippen molar-refractivity contribution in [2.75, 3.05) is 40.5 Å².